The third kappa shape index (κ3) is 2.12. The third-order valence-electron chi connectivity index (χ3n) is 4.19. The van der Waals surface area contributed by atoms with Crippen LogP contribution in [0.5, 0.6) is 0 Å². The minimum Gasteiger partial charge on any atom is -0.381 e. The maximum Gasteiger partial charge on any atom is 0.0700 e. The van der Waals surface area contributed by atoms with Crippen LogP contribution in [0.15, 0.2) is 0 Å². The van der Waals surface area contributed by atoms with E-state index in [-0.39, 0.29) is 5.54 Å². The van der Waals surface area contributed by atoms with E-state index in [0.717, 1.165) is 45.5 Å². The molecule has 0 amide bonds. The van der Waals surface area contributed by atoms with Crippen LogP contribution in [0.2, 0.25) is 0 Å². The number of nitrogens with two attached hydrogens (primary N) is 1. The standard InChI is InChI=1S/C12H24N2O2/c1-3-10-8-14(4-5-16-10)12(9-13)6-11(7-12)15-2/h10-11H,3-9,13H2,1-2H3. The van der Waals surface area contributed by atoms with Gasteiger partial charge >= 0.3 is 0 Å². The summed E-state index contributed by atoms with van der Waals surface area (Å²) in [7, 11) is 1.79. The molecule has 1 aliphatic carbocycles. The van der Waals surface area contributed by atoms with Crippen molar-refractivity contribution in [3.05, 3.63) is 0 Å². The zero-order valence-electron chi connectivity index (χ0n) is 10.4. The molecule has 4 heteroatoms. The van der Waals surface area contributed by atoms with Crippen LogP contribution in [-0.4, -0.2) is 56.0 Å². The van der Waals surface area contributed by atoms with Crippen LogP contribution in [0.4, 0.5) is 0 Å². The van der Waals surface area contributed by atoms with E-state index in [2.05, 4.69) is 11.8 Å². The van der Waals surface area contributed by atoms with Crippen LogP contribution in [0.3, 0.4) is 0 Å². The lowest BCUT2D eigenvalue weighted by atomic mass is 9.72. The summed E-state index contributed by atoms with van der Waals surface area (Å²) < 4.78 is 11.1. The van der Waals surface area contributed by atoms with Gasteiger partial charge < -0.3 is 15.2 Å². The van der Waals surface area contributed by atoms with Gasteiger partial charge in [0.15, 0.2) is 0 Å². The highest BCUT2D eigenvalue weighted by atomic mass is 16.5. The van der Waals surface area contributed by atoms with Gasteiger partial charge in [0.2, 0.25) is 0 Å². The summed E-state index contributed by atoms with van der Waals surface area (Å²) >= 11 is 0. The highest BCUT2D eigenvalue weighted by Crippen LogP contribution is 2.39. The summed E-state index contributed by atoms with van der Waals surface area (Å²) in [5, 5.41) is 0. The van der Waals surface area contributed by atoms with E-state index < -0.39 is 0 Å². The number of rotatable bonds is 4. The Kier molecular flexibility index (Phi) is 3.85. The Morgan fingerprint density at radius 3 is 2.81 bits per heavy atom. The third-order valence-corrected chi connectivity index (χ3v) is 4.19. The number of ether oxygens (including phenoxy) is 2. The van der Waals surface area contributed by atoms with Crippen molar-refractivity contribution in [3.8, 4) is 0 Å². The smallest absolute Gasteiger partial charge is 0.0700 e. The minimum absolute atomic E-state index is 0.192. The van der Waals surface area contributed by atoms with Gasteiger partial charge in [-0.25, -0.2) is 0 Å². The maximum absolute atomic E-state index is 5.97. The summed E-state index contributed by atoms with van der Waals surface area (Å²) in [6.45, 7) is 5.82. The quantitative estimate of drug-likeness (QED) is 0.765. The lowest BCUT2D eigenvalue weighted by Crippen LogP contribution is -2.66. The van der Waals surface area contributed by atoms with Gasteiger partial charge in [-0.3, -0.25) is 4.90 Å². The first-order valence-electron chi connectivity index (χ1n) is 6.33. The topological polar surface area (TPSA) is 47.7 Å². The van der Waals surface area contributed by atoms with Crippen molar-refractivity contribution in [3.63, 3.8) is 0 Å². The molecule has 0 aromatic carbocycles. The number of hydrogen-bond acceptors (Lipinski definition) is 4. The molecule has 2 aliphatic rings. The lowest BCUT2D eigenvalue weighted by molar-refractivity contribution is -0.133. The van der Waals surface area contributed by atoms with E-state index in [1.165, 1.54) is 0 Å². The molecule has 1 heterocycles. The number of morpholine rings is 1. The first kappa shape index (κ1) is 12.3. The molecule has 0 aromatic heterocycles. The molecular weight excluding hydrogens is 204 g/mol. The zero-order valence-corrected chi connectivity index (χ0v) is 10.4. The van der Waals surface area contributed by atoms with Gasteiger partial charge in [-0.2, -0.15) is 0 Å². The number of methoxy groups -OCH3 is 1. The minimum atomic E-state index is 0.192. The Morgan fingerprint density at radius 1 is 1.50 bits per heavy atom. The molecule has 0 spiro atoms. The van der Waals surface area contributed by atoms with Crippen LogP contribution in [0, 0.1) is 0 Å². The highest BCUT2D eigenvalue weighted by Gasteiger charge is 2.48. The largest absolute Gasteiger partial charge is 0.381 e. The van der Waals surface area contributed by atoms with E-state index in [1.807, 2.05) is 0 Å². The first-order valence-corrected chi connectivity index (χ1v) is 6.33. The maximum atomic E-state index is 5.97. The van der Waals surface area contributed by atoms with Crippen LogP contribution < -0.4 is 5.73 Å². The Morgan fingerprint density at radius 2 is 2.25 bits per heavy atom. The molecule has 4 nitrogen and oxygen atoms in total. The van der Waals surface area contributed by atoms with Gasteiger partial charge in [0.25, 0.3) is 0 Å². The van der Waals surface area contributed by atoms with Gasteiger partial charge in [-0.05, 0) is 19.3 Å². The molecule has 94 valence electrons. The van der Waals surface area contributed by atoms with E-state index in [4.69, 9.17) is 15.2 Å². The number of nitrogens with zero attached hydrogens (tertiary/aromatic N) is 1. The molecule has 1 unspecified atom stereocenters. The molecule has 2 N–H and O–H groups in total. The van der Waals surface area contributed by atoms with E-state index in [0.29, 0.717) is 12.2 Å². The second kappa shape index (κ2) is 5.00. The molecule has 0 aromatic rings. The van der Waals surface area contributed by atoms with Crippen molar-refractivity contribution >= 4 is 0 Å². The fourth-order valence-corrected chi connectivity index (χ4v) is 2.91. The SMILES string of the molecule is CCC1CN(C2(CN)CC(OC)C2)CCO1. The predicted molar refractivity (Wildman–Crippen MR) is 63.4 cm³/mol. The molecule has 0 bridgehead atoms. The van der Waals surface area contributed by atoms with Gasteiger partial charge in [0.05, 0.1) is 18.8 Å². The van der Waals surface area contributed by atoms with Crippen molar-refractivity contribution in [2.75, 3.05) is 33.4 Å². The Hall–Kier alpha value is -0.160. The van der Waals surface area contributed by atoms with Crippen LogP contribution in [-0.2, 0) is 9.47 Å². The van der Waals surface area contributed by atoms with Crippen molar-refractivity contribution in [1.82, 2.24) is 4.90 Å². The van der Waals surface area contributed by atoms with Crippen molar-refractivity contribution in [2.45, 2.75) is 43.9 Å². The average Bonchev–Trinajstić information content (AvgIpc) is 2.29. The molecule has 2 fully saturated rings. The summed E-state index contributed by atoms with van der Waals surface area (Å²) in [5.41, 5.74) is 6.16. The first-order chi connectivity index (χ1) is 7.74. The van der Waals surface area contributed by atoms with E-state index >= 15 is 0 Å². The lowest BCUT2D eigenvalue weighted by Gasteiger charge is -2.55. The van der Waals surface area contributed by atoms with E-state index in [9.17, 15) is 0 Å². The van der Waals surface area contributed by atoms with Crippen LogP contribution in [0.1, 0.15) is 26.2 Å². The predicted octanol–water partition coefficient (Wildman–Crippen LogP) is 0.604. The molecule has 2 rings (SSSR count). The van der Waals surface area contributed by atoms with Crippen molar-refractivity contribution in [2.24, 2.45) is 5.73 Å². The highest BCUT2D eigenvalue weighted by molar-refractivity contribution is 5.05. The summed E-state index contributed by atoms with van der Waals surface area (Å²) in [6, 6.07) is 0. The van der Waals surface area contributed by atoms with Crippen LogP contribution >= 0.6 is 0 Å². The molecule has 0 radical (unpaired) electrons. The van der Waals surface area contributed by atoms with Crippen molar-refractivity contribution in [1.29, 1.82) is 0 Å². The molecule has 1 saturated carbocycles. The van der Waals surface area contributed by atoms with Gasteiger partial charge in [-0.15, -0.1) is 0 Å². The molecule has 16 heavy (non-hydrogen) atoms. The zero-order chi connectivity index (χ0) is 11.6. The monoisotopic (exact) mass is 228 g/mol. The summed E-state index contributed by atoms with van der Waals surface area (Å²) in [4.78, 5) is 2.53. The molecular formula is C12H24N2O2. The summed E-state index contributed by atoms with van der Waals surface area (Å²) in [5.74, 6) is 0. The Labute approximate surface area is 98.1 Å². The molecule has 1 saturated heterocycles. The van der Waals surface area contributed by atoms with Gasteiger partial charge in [0, 0.05) is 32.3 Å². The van der Waals surface area contributed by atoms with E-state index in [1.54, 1.807) is 7.11 Å². The fourth-order valence-electron chi connectivity index (χ4n) is 2.91. The normalized spacial score (nSPS) is 40.7. The Bertz CT molecular complexity index is 229. The second-order valence-corrected chi connectivity index (χ2v) is 5.04. The van der Waals surface area contributed by atoms with Crippen molar-refractivity contribution < 1.29 is 9.47 Å². The Balaban J connectivity index is 1.94. The molecule has 1 aliphatic heterocycles. The number of hydrogen-bond donors (Lipinski definition) is 1. The van der Waals surface area contributed by atoms with Gasteiger partial charge in [-0.1, -0.05) is 6.92 Å². The molecule has 1 atom stereocenters. The summed E-state index contributed by atoms with van der Waals surface area (Å²) in [6.07, 6.45) is 4.04. The van der Waals surface area contributed by atoms with Crippen LogP contribution in [0.25, 0.3) is 0 Å². The van der Waals surface area contributed by atoms with Gasteiger partial charge in [0.1, 0.15) is 0 Å². The average molecular weight is 228 g/mol. The second-order valence-electron chi connectivity index (χ2n) is 5.04. The fraction of sp³-hybridized carbons (Fsp3) is 1.00.